The first-order valence-electron chi connectivity index (χ1n) is 10.4. The third kappa shape index (κ3) is 4.28. The van der Waals surface area contributed by atoms with E-state index in [1.54, 1.807) is 18.2 Å². The van der Waals surface area contributed by atoms with Crippen LogP contribution in [-0.2, 0) is 27.7 Å². The molecule has 0 saturated carbocycles. The van der Waals surface area contributed by atoms with Gasteiger partial charge in [-0.05, 0) is 49.1 Å². The van der Waals surface area contributed by atoms with E-state index in [2.05, 4.69) is 9.88 Å². The second kappa shape index (κ2) is 8.87. The number of sulfonamides is 1. The highest BCUT2D eigenvalue weighted by atomic mass is 32.2. The monoisotopic (exact) mass is 432 g/mol. The van der Waals surface area contributed by atoms with Crippen LogP contribution < -0.4 is 9.64 Å². The van der Waals surface area contributed by atoms with Crippen molar-refractivity contribution in [3.63, 3.8) is 0 Å². The summed E-state index contributed by atoms with van der Waals surface area (Å²) >= 11 is 0. The zero-order valence-electron chi connectivity index (χ0n) is 17.5. The number of morpholine rings is 1. The highest BCUT2D eigenvalue weighted by Crippen LogP contribution is 2.28. The molecule has 0 amide bonds. The zero-order valence-corrected chi connectivity index (χ0v) is 18.3. The number of nitrogens with zero attached hydrogens (tertiary/aromatic N) is 4. The third-order valence-electron chi connectivity index (χ3n) is 5.44. The molecule has 8 nitrogen and oxygen atoms in total. The Hall–Kier alpha value is -2.23. The summed E-state index contributed by atoms with van der Waals surface area (Å²) in [4.78, 5) is 11.5. The van der Waals surface area contributed by atoms with Crippen molar-refractivity contribution in [3.8, 4) is 5.75 Å². The van der Waals surface area contributed by atoms with Crippen LogP contribution in [0.5, 0.6) is 5.75 Å². The maximum atomic E-state index is 13.3. The van der Waals surface area contributed by atoms with Crippen LogP contribution in [0.25, 0.3) is 0 Å². The Kier molecular flexibility index (Phi) is 6.21. The number of aromatic nitrogens is 2. The van der Waals surface area contributed by atoms with Crippen molar-refractivity contribution in [3.05, 3.63) is 41.2 Å². The van der Waals surface area contributed by atoms with Gasteiger partial charge in [-0.15, -0.1) is 0 Å². The van der Waals surface area contributed by atoms with Gasteiger partial charge in [-0.2, -0.15) is 4.31 Å². The van der Waals surface area contributed by atoms with Gasteiger partial charge < -0.3 is 14.4 Å². The van der Waals surface area contributed by atoms with Crippen LogP contribution >= 0.6 is 0 Å². The molecule has 2 aliphatic heterocycles. The highest BCUT2D eigenvalue weighted by Gasteiger charge is 2.30. The molecule has 162 valence electrons. The molecular weight excluding hydrogens is 404 g/mol. The van der Waals surface area contributed by atoms with Gasteiger partial charge in [0.2, 0.25) is 16.0 Å². The maximum absolute atomic E-state index is 13.3. The molecule has 0 atom stereocenters. The number of ether oxygens (including phenoxy) is 2. The average Bonchev–Trinajstić information content (AvgIpc) is 2.78. The van der Waals surface area contributed by atoms with Gasteiger partial charge in [0, 0.05) is 25.8 Å². The Balaban J connectivity index is 1.55. The summed E-state index contributed by atoms with van der Waals surface area (Å²) in [5, 5.41) is 0. The van der Waals surface area contributed by atoms with Crippen LogP contribution in [0.4, 0.5) is 5.95 Å². The van der Waals surface area contributed by atoms with E-state index in [1.807, 2.05) is 20.0 Å². The van der Waals surface area contributed by atoms with Crippen molar-refractivity contribution < 1.29 is 17.9 Å². The quantitative estimate of drug-likeness (QED) is 0.691. The fraction of sp³-hybridized carbons (Fsp3) is 0.524. The lowest BCUT2D eigenvalue weighted by atomic mass is 10.1. The average molecular weight is 433 g/mol. The van der Waals surface area contributed by atoms with Crippen LogP contribution in [0.3, 0.4) is 0 Å². The number of rotatable bonds is 6. The first kappa shape index (κ1) is 21.0. The molecule has 30 heavy (non-hydrogen) atoms. The number of aryl methyl sites for hydroxylation is 1. The highest BCUT2D eigenvalue weighted by molar-refractivity contribution is 7.89. The number of anilines is 1. The molecule has 1 fully saturated rings. The van der Waals surface area contributed by atoms with Gasteiger partial charge in [0.25, 0.3) is 0 Å². The van der Waals surface area contributed by atoms with Crippen LogP contribution in [0.1, 0.15) is 30.2 Å². The van der Waals surface area contributed by atoms with Gasteiger partial charge in [0.1, 0.15) is 5.75 Å². The van der Waals surface area contributed by atoms with Gasteiger partial charge in [0.15, 0.2) is 0 Å². The summed E-state index contributed by atoms with van der Waals surface area (Å²) in [6.45, 7) is 7.98. The lowest BCUT2D eigenvalue weighted by molar-refractivity contribution is 0.122. The lowest BCUT2D eigenvalue weighted by Gasteiger charge is -2.30. The predicted molar refractivity (Wildman–Crippen MR) is 113 cm³/mol. The van der Waals surface area contributed by atoms with E-state index < -0.39 is 10.0 Å². The fourth-order valence-corrected chi connectivity index (χ4v) is 5.18. The van der Waals surface area contributed by atoms with Crippen molar-refractivity contribution in [1.82, 2.24) is 14.3 Å². The Morgan fingerprint density at radius 3 is 2.73 bits per heavy atom. The summed E-state index contributed by atoms with van der Waals surface area (Å²) in [6, 6.07) is 5.06. The summed E-state index contributed by atoms with van der Waals surface area (Å²) in [7, 11) is -3.62. The molecule has 4 rings (SSSR count). The van der Waals surface area contributed by atoms with Crippen molar-refractivity contribution >= 4 is 16.0 Å². The molecule has 1 aromatic carbocycles. The van der Waals surface area contributed by atoms with E-state index in [1.165, 1.54) is 4.31 Å². The minimum absolute atomic E-state index is 0.255. The van der Waals surface area contributed by atoms with Crippen molar-refractivity contribution in [2.45, 2.75) is 38.1 Å². The molecule has 0 aliphatic carbocycles. The van der Waals surface area contributed by atoms with Crippen LogP contribution in [-0.4, -0.2) is 62.1 Å². The molecule has 1 saturated heterocycles. The largest absolute Gasteiger partial charge is 0.493 e. The van der Waals surface area contributed by atoms with Gasteiger partial charge in [-0.3, -0.25) is 0 Å². The Bertz CT molecular complexity index is 1010. The summed E-state index contributed by atoms with van der Waals surface area (Å²) < 4.78 is 39.1. The molecule has 0 spiro atoms. The standard InChI is InChI=1S/C21H28N4O4S/c1-3-10-29-20-5-4-18(13-16(20)2)30(26,27)25-7-6-17-14-22-21(23-19(17)15-25)24-8-11-28-12-9-24/h4-5,13-14H,3,6-12,15H2,1-2H3. The van der Waals surface area contributed by atoms with E-state index in [0.29, 0.717) is 38.7 Å². The minimum Gasteiger partial charge on any atom is -0.493 e. The fourth-order valence-electron chi connectivity index (χ4n) is 3.69. The molecule has 0 bridgehead atoms. The Labute approximate surface area is 177 Å². The molecule has 2 aromatic rings. The Morgan fingerprint density at radius 2 is 2.00 bits per heavy atom. The van der Waals surface area contributed by atoms with Gasteiger partial charge in [-0.1, -0.05) is 6.92 Å². The van der Waals surface area contributed by atoms with Crippen molar-refractivity contribution in [1.29, 1.82) is 0 Å². The van der Waals surface area contributed by atoms with Gasteiger partial charge in [0.05, 0.1) is 37.0 Å². The molecule has 0 unspecified atom stereocenters. The number of benzene rings is 1. The summed E-state index contributed by atoms with van der Waals surface area (Å²) in [6.07, 6.45) is 3.34. The smallest absolute Gasteiger partial charge is 0.243 e. The van der Waals surface area contributed by atoms with E-state index in [4.69, 9.17) is 14.5 Å². The topological polar surface area (TPSA) is 84.9 Å². The lowest BCUT2D eigenvalue weighted by Crippen LogP contribution is -2.39. The van der Waals surface area contributed by atoms with E-state index in [0.717, 1.165) is 42.1 Å². The predicted octanol–water partition coefficient (Wildman–Crippen LogP) is 2.16. The zero-order chi connectivity index (χ0) is 21.1. The molecule has 1 aromatic heterocycles. The second-order valence-corrected chi connectivity index (χ2v) is 9.54. The maximum Gasteiger partial charge on any atom is 0.243 e. The molecule has 0 radical (unpaired) electrons. The SMILES string of the molecule is CCCOc1ccc(S(=O)(=O)N2CCc3cnc(N4CCOCC4)nc3C2)cc1C. The van der Waals surface area contributed by atoms with Crippen molar-refractivity contribution in [2.75, 3.05) is 44.4 Å². The Morgan fingerprint density at radius 1 is 1.20 bits per heavy atom. The number of hydrogen-bond acceptors (Lipinski definition) is 7. The van der Waals surface area contributed by atoms with Crippen LogP contribution in [0, 0.1) is 6.92 Å². The molecule has 3 heterocycles. The summed E-state index contributed by atoms with van der Waals surface area (Å²) in [5.41, 5.74) is 2.61. The van der Waals surface area contributed by atoms with E-state index >= 15 is 0 Å². The molecule has 2 aliphatic rings. The second-order valence-electron chi connectivity index (χ2n) is 7.61. The molecule has 0 N–H and O–H groups in total. The third-order valence-corrected chi connectivity index (χ3v) is 7.28. The minimum atomic E-state index is -3.62. The number of hydrogen-bond donors (Lipinski definition) is 0. The first-order chi connectivity index (χ1) is 14.5. The molecule has 9 heteroatoms. The summed E-state index contributed by atoms with van der Waals surface area (Å²) in [5.74, 6) is 1.37. The normalized spacial score (nSPS) is 17.6. The van der Waals surface area contributed by atoms with Crippen molar-refractivity contribution in [2.24, 2.45) is 0 Å². The van der Waals surface area contributed by atoms with Crippen LogP contribution in [0.15, 0.2) is 29.3 Å². The first-order valence-corrected chi connectivity index (χ1v) is 11.8. The van der Waals surface area contributed by atoms with E-state index in [-0.39, 0.29) is 11.4 Å². The number of fused-ring (bicyclic) bond motifs is 1. The van der Waals surface area contributed by atoms with Gasteiger partial charge >= 0.3 is 0 Å². The van der Waals surface area contributed by atoms with Crippen LogP contribution in [0.2, 0.25) is 0 Å². The molecular formula is C21H28N4O4S. The van der Waals surface area contributed by atoms with Gasteiger partial charge in [-0.25, -0.2) is 18.4 Å². The van der Waals surface area contributed by atoms with E-state index in [9.17, 15) is 8.42 Å².